The zero-order chi connectivity index (χ0) is 9.61. The Hall–Kier alpha value is -0.380. The highest BCUT2D eigenvalue weighted by Crippen LogP contribution is 2.49. The van der Waals surface area contributed by atoms with Gasteiger partial charge in [-0.1, -0.05) is 0 Å². The Morgan fingerprint density at radius 3 is 2.08 bits per heavy atom. The number of hydrogen-bond acceptors (Lipinski definition) is 4. The molecule has 0 N–H and O–H groups in total. The van der Waals surface area contributed by atoms with Crippen molar-refractivity contribution in [3.63, 3.8) is 0 Å². The van der Waals surface area contributed by atoms with Gasteiger partial charge in [0, 0.05) is 0 Å². The molecule has 72 valence electrons. The van der Waals surface area contributed by atoms with Gasteiger partial charge in [-0.2, -0.15) is 4.76 Å². The lowest BCUT2D eigenvalue weighted by Crippen LogP contribution is -2.12. The highest BCUT2D eigenvalue weighted by molar-refractivity contribution is 7.52. The van der Waals surface area contributed by atoms with Gasteiger partial charge in [-0.25, -0.2) is 4.57 Å². The summed E-state index contributed by atoms with van der Waals surface area (Å²) >= 11 is 0. The topological polar surface area (TPSA) is 71.0 Å². The summed E-state index contributed by atoms with van der Waals surface area (Å²) in [5.41, 5.74) is 0. The van der Waals surface area contributed by atoms with Gasteiger partial charge < -0.3 is 5.11 Å². The molecule has 0 aromatic carbocycles. The van der Waals surface area contributed by atoms with Crippen LogP contribution in [0.15, 0.2) is 4.76 Å². The molecule has 0 aliphatic rings. The van der Waals surface area contributed by atoms with Crippen molar-refractivity contribution >= 4 is 13.6 Å². The summed E-state index contributed by atoms with van der Waals surface area (Å²) in [7, 11) is -3.50. The third-order valence-electron chi connectivity index (χ3n) is 0.848. The van der Waals surface area contributed by atoms with Crippen LogP contribution in [0.3, 0.4) is 0 Å². The fourth-order valence-corrected chi connectivity index (χ4v) is 1.78. The summed E-state index contributed by atoms with van der Waals surface area (Å²) in [6.45, 7) is 4.91. The quantitative estimate of drug-likeness (QED) is 0.371. The number of hydrogen-bond donors (Lipinski definition) is 0. The van der Waals surface area contributed by atoms with Gasteiger partial charge in [0.2, 0.25) is 0 Å². The van der Waals surface area contributed by atoms with Crippen LogP contribution in [0.1, 0.15) is 20.8 Å². The molecule has 0 saturated heterocycles. The van der Waals surface area contributed by atoms with Crippen LogP contribution >= 0.6 is 7.75 Å². The molecule has 0 aromatic heterocycles. The van der Waals surface area contributed by atoms with Gasteiger partial charge in [0.1, 0.15) is 0 Å². The largest absolute Gasteiger partial charge is 0.862 e. The second kappa shape index (κ2) is 5.30. The first kappa shape index (κ1) is 11.6. The van der Waals surface area contributed by atoms with E-state index < -0.39 is 13.6 Å². The van der Waals surface area contributed by atoms with Crippen LogP contribution in [0, 0.1) is 0 Å². The molecule has 0 bridgehead atoms. The van der Waals surface area contributed by atoms with E-state index in [9.17, 15) is 9.67 Å². The molecule has 0 heterocycles. The highest BCUT2D eigenvalue weighted by Gasteiger charge is 2.20. The van der Waals surface area contributed by atoms with Crippen molar-refractivity contribution in [1.82, 2.24) is 0 Å². The van der Waals surface area contributed by atoms with Crippen molar-refractivity contribution in [3.05, 3.63) is 0 Å². The van der Waals surface area contributed by atoms with E-state index in [1.165, 1.54) is 6.92 Å². The third kappa shape index (κ3) is 4.49. The first-order valence-corrected chi connectivity index (χ1v) is 5.16. The fourth-order valence-electron chi connectivity index (χ4n) is 0.594. The Morgan fingerprint density at radius 1 is 1.42 bits per heavy atom. The molecule has 6 heteroatoms. The standard InChI is InChI=1S/C6H14NO4P/c1-4-10-12(9,11-5-2)7-6(3)8/h4-5H2,1-3H3,(H,7,8,9)/p-1. The van der Waals surface area contributed by atoms with Crippen LogP contribution in [0.4, 0.5) is 0 Å². The molecule has 0 radical (unpaired) electrons. The summed E-state index contributed by atoms with van der Waals surface area (Å²) in [5, 5.41) is 10.5. The van der Waals surface area contributed by atoms with Crippen LogP contribution in [-0.4, -0.2) is 19.1 Å². The molecular formula is C6H13NO4P-. The van der Waals surface area contributed by atoms with E-state index in [0.29, 0.717) is 0 Å². The Morgan fingerprint density at radius 2 is 1.83 bits per heavy atom. The second-order valence-electron chi connectivity index (χ2n) is 1.92. The Balaban J connectivity index is 4.40. The van der Waals surface area contributed by atoms with Gasteiger partial charge in [0.25, 0.3) is 0 Å². The van der Waals surface area contributed by atoms with Crippen molar-refractivity contribution in [3.8, 4) is 0 Å². The molecule has 0 atom stereocenters. The maximum Gasteiger partial charge on any atom is 0.452 e. The number of rotatable bonds is 5. The molecule has 0 saturated carbocycles. The summed E-state index contributed by atoms with van der Waals surface area (Å²) in [6, 6.07) is 0. The average Bonchev–Trinajstić information content (AvgIpc) is 1.85. The Kier molecular flexibility index (Phi) is 5.13. The summed E-state index contributed by atoms with van der Waals surface area (Å²) in [4.78, 5) is 0. The van der Waals surface area contributed by atoms with E-state index in [2.05, 4.69) is 4.76 Å². The normalized spacial score (nSPS) is 13.4. The maximum absolute atomic E-state index is 11.4. The van der Waals surface area contributed by atoms with E-state index >= 15 is 0 Å². The smallest absolute Gasteiger partial charge is 0.452 e. The zero-order valence-corrected chi connectivity index (χ0v) is 8.34. The lowest BCUT2D eigenvalue weighted by atomic mass is 10.8. The molecule has 0 spiro atoms. The summed E-state index contributed by atoms with van der Waals surface area (Å²) in [5.74, 6) is -0.555. The molecule has 0 rings (SSSR count). The zero-order valence-electron chi connectivity index (χ0n) is 7.44. The third-order valence-corrected chi connectivity index (χ3v) is 2.54. The van der Waals surface area contributed by atoms with Gasteiger partial charge in [-0.15, -0.1) is 0 Å². The van der Waals surface area contributed by atoms with Gasteiger partial charge >= 0.3 is 7.75 Å². The lowest BCUT2D eigenvalue weighted by molar-refractivity contribution is -0.215. The van der Waals surface area contributed by atoms with Crippen molar-refractivity contribution in [2.24, 2.45) is 4.76 Å². The van der Waals surface area contributed by atoms with Crippen molar-refractivity contribution in [2.45, 2.75) is 20.8 Å². The average molecular weight is 194 g/mol. The van der Waals surface area contributed by atoms with Gasteiger partial charge in [-0.05, 0) is 26.7 Å². The van der Waals surface area contributed by atoms with Crippen LogP contribution in [0.5, 0.6) is 0 Å². The summed E-state index contributed by atoms with van der Waals surface area (Å²) < 4.78 is 24.1. The van der Waals surface area contributed by atoms with Crippen LogP contribution < -0.4 is 5.11 Å². The molecular weight excluding hydrogens is 181 g/mol. The van der Waals surface area contributed by atoms with E-state index in [-0.39, 0.29) is 13.2 Å². The van der Waals surface area contributed by atoms with E-state index in [1.807, 2.05) is 0 Å². The van der Waals surface area contributed by atoms with E-state index in [4.69, 9.17) is 9.05 Å². The van der Waals surface area contributed by atoms with Crippen LogP contribution in [-0.2, 0) is 13.6 Å². The van der Waals surface area contributed by atoms with E-state index in [1.54, 1.807) is 13.8 Å². The molecule has 0 fully saturated rings. The minimum Gasteiger partial charge on any atom is -0.862 e. The fraction of sp³-hybridized carbons (Fsp3) is 0.833. The van der Waals surface area contributed by atoms with Gasteiger partial charge in [-0.3, -0.25) is 9.05 Å². The molecule has 0 unspecified atom stereocenters. The number of nitrogens with zero attached hydrogens (tertiary/aromatic N) is 1. The second-order valence-corrected chi connectivity index (χ2v) is 3.58. The van der Waals surface area contributed by atoms with Crippen molar-refractivity contribution in [2.75, 3.05) is 13.2 Å². The van der Waals surface area contributed by atoms with E-state index in [0.717, 1.165) is 0 Å². The predicted octanol–water partition coefficient (Wildman–Crippen LogP) is 0.946. The molecule has 0 aromatic rings. The predicted molar refractivity (Wildman–Crippen MR) is 44.0 cm³/mol. The van der Waals surface area contributed by atoms with Gasteiger partial charge in [0.15, 0.2) is 0 Å². The first-order chi connectivity index (χ1) is 5.54. The van der Waals surface area contributed by atoms with Gasteiger partial charge in [0.05, 0.1) is 13.2 Å². The molecule has 0 aliphatic carbocycles. The minimum atomic E-state index is -3.50. The molecule has 12 heavy (non-hydrogen) atoms. The monoisotopic (exact) mass is 194 g/mol. The molecule has 5 nitrogen and oxygen atoms in total. The Labute approximate surface area is 72.0 Å². The van der Waals surface area contributed by atoms with Crippen LogP contribution in [0.2, 0.25) is 0 Å². The molecule has 0 amide bonds. The summed E-state index contributed by atoms with van der Waals surface area (Å²) in [6.07, 6.45) is 0. The molecule has 0 aliphatic heterocycles. The highest BCUT2D eigenvalue weighted by atomic mass is 31.2. The minimum absolute atomic E-state index is 0.202. The Bertz CT molecular complexity index is 190. The first-order valence-electron chi connectivity index (χ1n) is 3.67. The SMILES string of the molecule is CCOP(=O)(N=C(C)[O-])OCC. The maximum atomic E-state index is 11.4. The van der Waals surface area contributed by atoms with Crippen molar-refractivity contribution < 1.29 is 18.7 Å². The lowest BCUT2D eigenvalue weighted by Gasteiger charge is -2.14. The van der Waals surface area contributed by atoms with Crippen LogP contribution in [0.25, 0.3) is 0 Å². The van der Waals surface area contributed by atoms with Crippen molar-refractivity contribution in [1.29, 1.82) is 0 Å².